The van der Waals surface area contributed by atoms with Gasteiger partial charge in [-0.15, -0.1) is 0 Å². The zero-order chi connectivity index (χ0) is 14.5. The fraction of sp³-hybridized carbons (Fsp3) is 0.562. The molecule has 0 amide bonds. The molecule has 0 bridgehead atoms. The molecule has 0 spiro atoms. The minimum Gasteiger partial charge on any atom is -0.508 e. The lowest BCUT2D eigenvalue weighted by atomic mass is 9.79. The van der Waals surface area contributed by atoms with Crippen LogP contribution in [0.15, 0.2) is 34.6 Å². The van der Waals surface area contributed by atoms with Crippen LogP contribution >= 0.6 is 0 Å². The normalized spacial score (nSPS) is 19.7. The monoisotopic (exact) mass is 247 g/mol. The lowest BCUT2D eigenvalue weighted by Crippen LogP contribution is -2.14. The van der Waals surface area contributed by atoms with Crippen molar-refractivity contribution in [3.05, 3.63) is 34.6 Å². The molecule has 0 aliphatic heterocycles. The highest BCUT2D eigenvalue weighted by Gasteiger charge is 2.26. The van der Waals surface area contributed by atoms with Gasteiger partial charge in [0.05, 0.1) is 12.0 Å². The van der Waals surface area contributed by atoms with Crippen molar-refractivity contribution in [2.24, 2.45) is 11.3 Å². The first-order chi connectivity index (χ1) is 8.29. The Hall–Kier alpha value is -1.49. The molecule has 1 aliphatic rings. The van der Waals surface area contributed by atoms with E-state index in [0.29, 0.717) is 0 Å². The number of aliphatic hydroxyl groups is 1. The summed E-state index contributed by atoms with van der Waals surface area (Å²) in [5.41, 5.74) is 2.97. The van der Waals surface area contributed by atoms with Gasteiger partial charge in [-0.2, -0.15) is 5.26 Å². The summed E-state index contributed by atoms with van der Waals surface area (Å²) < 4.78 is 0. The summed E-state index contributed by atoms with van der Waals surface area (Å²) in [5, 5.41) is 18.8. The average Bonchev–Trinajstić information content (AvgIpc) is 2.36. The second-order valence-electron chi connectivity index (χ2n) is 5.01. The van der Waals surface area contributed by atoms with Crippen molar-refractivity contribution in [1.29, 1.82) is 5.26 Å². The molecule has 2 heteroatoms. The van der Waals surface area contributed by atoms with E-state index in [4.69, 9.17) is 5.26 Å². The molecule has 0 fully saturated rings. The molecule has 2 nitrogen and oxygen atoms in total. The smallest absolute Gasteiger partial charge is 0.112 e. The first-order valence-electron chi connectivity index (χ1n) is 6.51. The molecule has 18 heavy (non-hydrogen) atoms. The molecule has 0 heterocycles. The second kappa shape index (κ2) is 6.44. The van der Waals surface area contributed by atoms with Gasteiger partial charge in [-0.3, -0.25) is 0 Å². The number of hydrogen-bond acceptors (Lipinski definition) is 2. The maximum absolute atomic E-state index is 9.76. The molecule has 1 unspecified atom stereocenters. The summed E-state index contributed by atoms with van der Waals surface area (Å²) in [6, 6.07) is 2.27. The van der Waals surface area contributed by atoms with E-state index >= 15 is 0 Å². The van der Waals surface area contributed by atoms with Crippen LogP contribution in [0.5, 0.6) is 0 Å². The maximum Gasteiger partial charge on any atom is 0.112 e. The van der Waals surface area contributed by atoms with Gasteiger partial charge < -0.3 is 5.11 Å². The Labute approximate surface area is 111 Å². The maximum atomic E-state index is 9.76. The Morgan fingerprint density at radius 1 is 1.28 bits per heavy atom. The number of hydrogen-bond donors (Lipinski definition) is 1. The Kier molecular flexibility index (Phi) is 5.91. The predicted octanol–water partition coefficient (Wildman–Crippen LogP) is 4.92. The number of allylic oxidation sites excluding steroid dienone is 5. The average molecular weight is 247 g/mol. The fourth-order valence-electron chi connectivity index (χ4n) is 2.19. The van der Waals surface area contributed by atoms with Crippen LogP contribution in [0.1, 0.15) is 48.5 Å². The number of rotatable bonds is 1. The molecular formula is C16H25NO. The number of aliphatic hydroxyl groups excluding tert-OH is 1. The fourth-order valence-corrected chi connectivity index (χ4v) is 2.19. The van der Waals surface area contributed by atoms with E-state index in [2.05, 4.69) is 19.9 Å². The molecule has 1 aliphatic carbocycles. The van der Waals surface area contributed by atoms with Crippen LogP contribution in [-0.4, -0.2) is 5.11 Å². The highest BCUT2D eigenvalue weighted by atomic mass is 16.3. The molecular weight excluding hydrogens is 222 g/mol. The van der Waals surface area contributed by atoms with Crippen molar-refractivity contribution in [2.75, 3.05) is 0 Å². The van der Waals surface area contributed by atoms with Gasteiger partial charge in [-0.1, -0.05) is 33.3 Å². The predicted molar refractivity (Wildman–Crippen MR) is 77.1 cm³/mol. The lowest BCUT2D eigenvalue weighted by molar-refractivity contribution is 0.415. The zero-order valence-electron chi connectivity index (χ0n) is 12.6. The number of nitrogens with zero attached hydrogens (tertiary/aromatic N) is 1. The third-order valence-corrected chi connectivity index (χ3v) is 3.30. The molecule has 1 rings (SSSR count). The van der Waals surface area contributed by atoms with Gasteiger partial charge in [0, 0.05) is 5.41 Å². The van der Waals surface area contributed by atoms with Crippen LogP contribution in [0.25, 0.3) is 0 Å². The summed E-state index contributed by atoms with van der Waals surface area (Å²) in [6.07, 6.45) is 3.57. The van der Waals surface area contributed by atoms with Gasteiger partial charge in [-0.05, 0) is 44.1 Å². The molecule has 0 saturated heterocycles. The van der Waals surface area contributed by atoms with E-state index in [0.717, 1.165) is 16.7 Å². The largest absolute Gasteiger partial charge is 0.508 e. The van der Waals surface area contributed by atoms with E-state index < -0.39 is 0 Å². The van der Waals surface area contributed by atoms with Gasteiger partial charge in [0.2, 0.25) is 0 Å². The summed E-state index contributed by atoms with van der Waals surface area (Å²) in [4.78, 5) is 0. The molecule has 0 radical (unpaired) electrons. The van der Waals surface area contributed by atoms with E-state index in [1.807, 2.05) is 40.7 Å². The molecule has 100 valence electrons. The lowest BCUT2D eigenvalue weighted by Gasteiger charge is -2.25. The Balaban J connectivity index is 0.00000137. The van der Waals surface area contributed by atoms with Crippen molar-refractivity contribution in [1.82, 2.24) is 0 Å². The summed E-state index contributed by atoms with van der Waals surface area (Å²) >= 11 is 0. The molecule has 0 saturated carbocycles. The van der Waals surface area contributed by atoms with E-state index in [-0.39, 0.29) is 17.1 Å². The molecule has 0 aromatic rings. The minimum atomic E-state index is -0.210. The molecule has 0 aromatic heterocycles. The molecule has 1 N–H and O–H groups in total. The van der Waals surface area contributed by atoms with Crippen molar-refractivity contribution in [2.45, 2.75) is 48.5 Å². The van der Waals surface area contributed by atoms with Crippen LogP contribution < -0.4 is 0 Å². The quantitative estimate of drug-likeness (QED) is 0.715. The van der Waals surface area contributed by atoms with Crippen molar-refractivity contribution < 1.29 is 5.11 Å². The number of nitriles is 1. The van der Waals surface area contributed by atoms with Gasteiger partial charge in [0.1, 0.15) is 5.76 Å². The zero-order valence-corrected chi connectivity index (χ0v) is 12.6. The third-order valence-electron chi connectivity index (χ3n) is 3.30. The molecule has 0 aromatic carbocycles. The van der Waals surface area contributed by atoms with Crippen LogP contribution in [0.3, 0.4) is 0 Å². The Bertz CT molecular complexity index is 431. The van der Waals surface area contributed by atoms with Crippen LogP contribution in [0, 0.1) is 22.7 Å². The van der Waals surface area contributed by atoms with E-state index in [9.17, 15) is 5.11 Å². The van der Waals surface area contributed by atoms with Gasteiger partial charge in [0.25, 0.3) is 0 Å². The van der Waals surface area contributed by atoms with Gasteiger partial charge in [-0.25, -0.2) is 0 Å². The van der Waals surface area contributed by atoms with Crippen LogP contribution in [0.4, 0.5) is 0 Å². The van der Waals surface area contributed by atoms with Gasteiger partial charge in [0.15, 0.2) is 0 Å². The van der Waals surface area contributed by atoms with Crippen molar-refractivity contribution in [3.8, 4) is 6.07 Å². The highest BCUT2D eigenvalue weighted by Crippen LogP contribution is 2.38. The Morgan fingerprint density at radius 2 is 1.78 bits per heavy atom. The summed E-state index contributed by atoms with van der Waals surface area (Å²) in [6.45, 7) is 14.0. The minimum absolute atomic E-state index is 0.144. The third kappa shape index (κ3) is 3.50. The standard InChI is InChI=1S/C14H19NO.C2H6/c1-9-6-12(16)7-14(4,5)11(3)13(9)10(2)8-15;1-2/h6-7,10,16H,1-5H3;1-2H3. The van der Waals surface area contributed by atoms with Crippen molar-refractivity contribution >= 4 is 0 Å². The van der Waals surface area contributed by atoms with E-state index in [1.54, 1.807) is 6.08 Å². The van der Waals surface area contributed by atoms with E-state index in [1.165, 1.54) is 0 Å². The summed E-state index contributed by atoms with van der Waals surface area (Å²) in [5.74, 6) is 0.136. The SMILES string of the molecule is CC.CC1=CC(O)=CC(C)(C)C(C)=C1C(C)C#N. The molecule has 1 atom stereocenters. The highest BCUT2D eigenvalue weighted by molar-refractivity contribution is 5.46. The van der Waals surface area contributed by atoms with Crippen LogP contribution in [-0.2, 0) is 0 Å². The topological polar surface area (TPSA) is 44.0 Å². The van der Waals surface area contributed by atoms with Gasteiger partial charge >= 0.3 is 0 Å². The first-order valence-corrected chi connectivity index (χ1v) is 6.51. The Morgan fingerprint density at radius 3 is 2.22 bits per heavy atom. The second-order valence-corrected chi connectivity index (χ2v) is 5.01. The van der Waals surface area contributed by atoms with Crippen LogP contribution in [0.2, 0.25) is 0 Å². The van der Waals surface area contributed by atoms with Crippen molar-refractivity contribution in [3.63, 3.8) is 0 Å². The first kappa shape index (κ1) is 16.5. The summed E-state index contributed by atoms with van der Waals surface area (Å²) in [7, 11) is 0.